The Hall–Kier alpha value is -1.96. The molecule has 0 aliphatic heterocycles. The average Bonchev–Trinajstić information content (AvgIpc) is 4.07. The second kappa shape index (κ2) is 33.5. The highest BCUT2D eigenvalue weighted by Crippen LogP contribution is 2.53. The van der Waals surface area contributed by atoms with Crippen molar-refractivity contribution < 1.29 is 9.47 Å². The summed E-state index contributed by atoms with van der Waals surface area (Å²) in [6, 6.07) is 4.86. The Morgan fingerprint density at radius 1 is 0.377 bits per heavy atom. The number of aromatic nitrogens is 2. The third kappa shape index (κ3) is 19.8. The van der Waals surface area contributed by atoms with E-state index in [0.717, 1.165) is 59.3 Å². The number of benzene rings is 1. The van der Waals surface area contributed by atoms with E-state index in [1.807, 2.05) is 22.7 Å². The number of aryl methyl sites for hydroxylation is 2. The molecule has 0 atom stereocenters. The lowest BCUT2D eigenvalue weighted by atomic mass is 10.0. The molecule has 0 radical (unpaired) electrons. The zero-order chi connectivity index (χ0) is 43.0. The lowest BCUT2D eigenvalue weighted by molar-refractivity contribution is 0.260. The predicted molar refractivity (Wildman–Crippen MR) is 273 cm³/mol. The summed E-state index contributed by atoms with van der Waals surface area (Å²) in [5.74, 6) is 1.79. The molecule has 0 bridgehead atoms. The highest BCUT2D eigenvalue weighted by molar-refractivity contribution is 7.14. The van der Waals surface area contributed by atoms with Crippen molar-refractivity contribution in [3.05, 3.63) is 34.0 Å². The van der Waals surface area contributed by atoms with Gasteiger partial charge in [0.2, 0.25) is 0 Å². The van der Waals surface area contributed by atoms with Crippen LogP contribution in [0.15, 0.2) is 22.9 Å². The molecule has 0 amide bonds. The van der Waals surface area contributed by atoms with Crippen molar-refractivity contribution in [2.75, 3.05) is 13.2 Å². The van der Waals surface area contributed by atoms with E-state index < -0.39 is 0 Å². The van der Waals surface area contributed by atoms with Crippen LogP contribution >= 0.6 is 34.4 Å². The molecule has 0 aliphatic rings. The summed E-state index contributed by atoms with van der Waals surface area (Å²) in [5.41, 5.74) is 7.01. The van der Waals surface area contributed by atoms with Crippen LogP contribution < -0.4 is 9.47 Å². The summed E-state index contributed by atoms with van der Waals surface area (Å²) in [7, 11) is 0. The standard InChI is InChI=1S/C54H88N2O2S3/c1-5-9-13-17-21-23-25-27-29-33-37-45-41-47(59-43-45)49-51-52(56-61-55-51)50(48-42-46(44-60-48)38-34-30-28-26-24-22-18-14-10-6-2)54(58-40-36-32-20-16-12-8-4)53(49)57-39-35-31-19-15-11-7-3/h41-44H,5-40H2,1-4H3. The van der Waals surface area contributed by atoms with Crippen LogP contribution in [0, 0.1) is 0 Å². The van der Waals surface area contributed by atoms with E-state index in [4.69, 9.17) is 18.2 Å². The van der Waals surface area contributed by atoms with Crippen molar-refractivity contribution >= 4 is 45.4 Å². The maximum atomic E-state index is 7.02. The summed E-state index contributed by atoms with van der Waals surface area (Å²) >= 11 is 5.03. The van der Waals surface area contributed by atoms with Crippen molar-refractivity contribution in [2.24, 2.45) is 0 Å². The first-order valence-corrected chi connectivity index (χ1v) is 28.4. The fourth-order valence-electron chi connectivity index (χ4n) is 8.71. The Morgan fingerprint density at radius 2 is 0.672 bits per heavy atom. The van der Waals surface area contributed by atoms with E-state index in [9.17, 15) is 0 Å². The molecule has 0 spiro atoms. The number of rotatable bonds is 40. The summed E-state index contributed by atoms with van der Waals surface area (Å²) in [6.07, 6.45) is 44.5. The number of thiophene rings is 2. The minimum Gasteiger partial charge on any atom is -0.489 e. The summed E-state index contributed by atoms with van der Waals surface area (Å²) in [4.78, 5) is 2.48. The van der Waals surface area contributed by atoms with Gasteiger partial charge in [-0.15, -0.1) is 22.7 Å². The van der Waals surface area contributed by atoms with Crippen molar-refractivity contribution in [3.8, 4) is 32.4 Å². The van der Waals surface area contributed by atoms with Crippen molar-refractivity contribution in [1.29, 1.82) is 0 Å². The fourth-order valence-corrected chi connectivity index (χ4v) is 11.3. The van der Waals surface area contributed by atoms with Crippen LogP contribution in [0.4, 0.5) is 0 Å². The first-order chi connectivity index (χ1) is 30.2. The maximum absolute atomic E-state index is 7.02. The Morgan fingerprint density at radius 3 is 1.00 bits per heavy atom. The molecule has 0 fully saturated rings. The predicted octanol–water partition coefficient (Wildman–Crippen LogP) is 19.6. The summed E-state index contributed by atoms with van der Waals surface area (Å²) in [5, 5.41) is 4.77. The van der Waals surface area contributed by atoms with Gasteiger partial charge in [0.15, 0.2) is 11.5 Å². The van der Waals surface area contributed by atoms with Gasteiger partial charge in [0.1, 0.15) is 11.0 Å². The molecule has 7 heteroatoms. The SMILES string of the molecule is CCCCCCCCCCCCc1csc(-c2c(OCCCCCCCC)c(OCCCCCCCC)c(-c3cc(CCCCCCCCCCCC)cs3)c3nsnc23)c1. The van der Waals surface area contributed by atoms with E-state index in [-0.39, 0.29) is 0 Å². The third-order valence-electron chi connectivity index (χ3n) is 12.5. The Kier molecular flexibility index (Phi) is 28.4. The van der Waals surface area contributed by atoms with Gasteiger partial charge in [0, 0.05) is 9.75 Å². The topological polar surface area (TPSA) is 44.2 Å². The molecule has 344 valence electrons. The van der Waals surface area contributed by atoms with Crippen LogP contribution in [0.3, 0.4) is 0 Å². The first kappa shape index (κ1) is 51.7. The molecule has 0 saturated carbocycles. The van der Waals surface area contributed by atoms with E-state index >= 15 is 0 Å². The minimum atomic E-state index is 0.695. The molecule has 0 saturated heterocycles. The Bertz CT molecular complexity index is 1540. The molecule has 3 aromatic heterocycles. The molecule has 1 aromatic carbocycles. The summed E-state index contributed by atoms with van der Waals surface area (Å²) < 4.78 is 24.2. The van der Waals surface area contributed by atoms with Crippen LogP contribution in [0.2, 0.25) is 0 Å². The van der Waals surface area contributed by atoms with Gasteiger partial charge < -0.3 is 9.47 Å². The van der Waals surface area contributed by atoms with Crippen LogP contribution in [0.5, 0.6) is 11.5 Å². The van der Waals surface area contributed by atoms with Gasteiger partial charge in [0.25, 0.3) is 0 Å². The van der Waals surface area contributed by atoms with Crippen LogP contribution in [0.1, 0.15) is 244 Å². The van der Waals surface area contributed by atoms with Crippen molar-refractivity contribution in [1.82, 2.24) is 8.75 Å². The van der Waals surface area contributed by atoms with Gasteiger partial charge in [-0.2, -0.15) is 8.75 Å². The normalized spacial score (nSPS) is 11.7. The molecular weight excluding hydrogens is 805 g/mol. The molecule has 3 heterocycles. The van der Waals surface area contributed by atoms with Crippen molar-refractivity contribution in [3.63, 3.8) is 0 Å². The highest BCUT2D eigenvalue weighted by Gasteiger charge is 2.28. The van der Waals surface area contributed by atoms with E-state index in [2.05, 4.69) is 50.6 Å². The number of unbranched alkanes of at least 4 members (excludes halogenated alkanes) is 28. The molecule has 4 aromatic rings. The number of hydrogen-bond acceptors (Lipinski definition) is 7. The minimum absolute atomic E-state index is 0.695. The molecule has 4 rings (SSSR count). The van der Waals surface area contributed by atoms with E-state index in [1.54, 1.807) is 0 Å². The number of hydrogen-bond donors (Lipinski definition) is 0. The number of nitrogens with zero attached hydrogens (tertiary/aromatic N) is 2. The second-order valence-electron chi connectivity index (χ2n) is 18.1. The van der Waals surface area contributed by atoms with Gasteiger partial charge in [-0.05, 0) is 72.5 Å². The first-order valence-electron chi connectivity index (χ1n) is 25.9. The molecule has 0 N–H and O–H groups in total. The van der Waals surface area contributed by atoms with Crippen LogP contribution in [-0.2, 0) is 12.8 Å². The molecule has 4 nitrogen and oxygen atoms in total. The van der Waals surface area contributed by atoms with Gasteiger partial charge in [-0.25, -0.2) is 0 Å². The smallest absolute Gasteiger partial charge is 0.172 e. The quantitative estimate of drug-likeness (QED) is 0.0417. The van der Waals surface area contributed by atoms with Crippen LogP contribution in [0.25, 0.3) is 31.9 Å². The monoisotopic (exact) mass is 893 g/mol. The van der Waals surface area contributed by atoms with Crippen LogP contribution in [-0.4, -0.2) is 22.0 Å². The lowest BCUT2D eigenvalue weighted by Gasteiger charge is -2.20. The van der Waals surface area contributed by atoms with E-state index in [0.29, 0.717) is 13.2 Å². The zero-order valence-corrected chi connectivity index (χ0v) is 42.2. The maximum Gasteiger partial charge on any atom is 0.172 e. The number of ether oxygens (including phenoxy) is 2. The lowest BCUT2D eigenvalue weighted by Crippen LogP contribution is -2.06. The summed E-state index contributed by atoms with van der Waals surface area (Å²) in [6.45, 7) is 10.6. The average molecular weight is 894 g/mol. The molecule has 0 unspecified atom stereocenters. The molecule has 61 heavy (non-hydrogen) atoms. The van der Waals surface area contributed by atoms with Crippen molar-refractivity contribution in [2.45, 2.75) is 246 Å². The highest BCUT2D eigenvalue weighted by atomic mass is 32.1. The molecule has 0 aliphatic carbocycles. The Labute approximate surface area is 387 Å². The third-order valence-corrected chi connectivity index (χ3v) is 15.1. The largest absolute Gasteiger partial charge is 0.489 e. The second-order valence-corrected chi connectivity index (χ2v) is 20.5. The fraction of sp³-hybridized carbons (Fsp3) is 0.741. The van der Waals surface area contributed by atoms with Gasteiger partial charge in [-0.1, -0.05) is 207 Å². The zero-order valence-electron chi connectivity index (χ0n) is 39.7. The van der Waals surface area contributed by atoms with Gasteiger partial charge in [0.05, 0.1) is 36.1 Å². The van der Waals surface area contributed by atoms with Gasteiger partial charge in [-0.3, -0.25) is 0 Å². The van der Waals surface area contributed by atoms with E-state index in [1.165, 1.54) is 225 Å². The Balaban J connectivity index is 1.54. The van der Waals surface area contributed by atoms with Gasteiger partial charge >= 0.3 is 0 Å². The number of fused-ring (bicyclic) bond motifs is 1. The molecular formula is C54H88N2O2S3.